The van der Waals surface area contributed by atoms with E-state index in [0.29, 0.717) is 44.4 Å². The summed E-state index contributed by atoms with van der Waals surface area (Å²) < 4.78 is 11.2. The zero-order chi connectivity index (χ0) is 27.6. The van der Waals surface area contributed by atoms with Gasteiger partial charge in [0.25, 0.3) is 10.2 Å². The van der Waals surface area contributed by atoms with E-state index in [9.17, 15) is 25.0 Å². The monoisotopic (exact) mass is 526 g/mol. The summed E-state index contributed by atoms with van der Waals surface area (Å²) in [4.78, 5) is 51.4. The number of aryl methyl sites for hydroxylation is 2. The maximum Gasteiger partial charge on any atom is 0.294 e. The molecule has 0 bridgehead atoms. The van der Waals surface area contributed by atoms with E-state index in [4.69, 9.17) is 9.47 Å². The molecule has 4 aromatic rings. The number of aromatic nitrogens is 2. The van der Waals surface area contributed by atoms with Crippen molar-refractivity contribution in [1.29, 1.82) is 0 Å². The fourth-order valence-corrected chi connectivity index (χ4v) is 4.92. The van der Waals surface area contributed by atoms with Crippen molar-refractivity contribution in [1.82, 2.24) is 9.97 Å². The Labute approximate surface area is 215 Å². The molecule has 4 rings (SSSR count). The Morgan fingerprint density at radius 3 is 1.50 bits per heavy atom. The van der Waals surface area contributed by atoms with Crippen LogP contribution < -0.4 is 9.47 Å². The van der Waals surface area contributed by atoms with Crippen LogP contribution in [-0.2, 0) is 22.5 Å². The summed E-state index contributed by atoms with van der Waals surface area (Å²) >= 11 is 0. The number of hydrogen-bond donors (Lipinski definition) is 2. The first-order valence-corrected chi connectivity index (χ1v) is 11.6. The Morgan fingerprint density at radius 2 is 1.16 bits per heavy atom. The highest BCUT2D eigenvalue weighted by atomic mass is 17.0. The highest BCUT2D eigenvalue weighted by Gasteiger charge is 2.28. The van der Waals surface area contributed by atoms with Crippen LogP contribution in [0.25, 0.3) is 21.8 Å². The lowest BCUT2D eigenvalue weighted by molar-refractivity contribution is -0.757. The minimum absolute atomic E-state index is 0.175. The summed E-state index contributed by atoms with van der Waals surface area (Å²) in [6.45, 7) is 3.24. The molecule has 0 amide bonds. The van der Waals surface area contributed by atoms with Gasteiger partial charge in [-0.15, -0.1) is 20.2 Å². The van der Waals surface area contributed by atoms with Crippen molar-refractivity contribution in [3.8, 4) is 11.5 Å². The van der Waals surface area contributed by atoms with Gasteiger partial charge in [-0.25, -0.2) is 0 Å². The molecule has 13 nitrogen and oxygen atoms in total. The van der Waals surface area contributed by atoms with Crippen molar-refractivity contribution in [3.05, 3.63) is 78.1 Å². The van der Waals surface area contributed by atoms with E-state index in [1.807, 2.05) is 13.8 Å². The minimum Gasteiger partial charge on any atom is -0.496 e. The molecule has 0 aliphatic heterocycles. The maximum atomic E-state index is 14.5. The van der Waals surface area contributed by atoms with Crippen LogP contribution in [0.3, 0.4) is 0 Å². The lowest BCUT2D eigenvalue weighted by Gasteiger charge is -2.15. The van der Waals surface area contributed by atoms with Crippen molar-refractivity contribution < 1.29 is 34.1 Å². The van der Waals surface area contributed by atoms with Gasteiger partial charge in [-0.3, -0.25) is 4.79 Å². The van der Waals surface area contributed by atoms with Gasteiger partial charge in [0.15, 0.2) is 0 Å². The second-order valence-electron chi connectivity index (χ2n) is 8.53. The summed E-state index contributed by atoms with van der Waals surface area (Å²) in [6.07, 6.45) is 0.350. The van der Waals surface area contributed by atoms with Crippen LogP contribution in [0.15, 0.2) is 24.3 Å². The number of ether oxygens (including phenoxy) is 2. The number of carbonyl (C=O) groups excluding carboxylic acids is 1. The molecule has 0 saturated heterocycles. The predicted octanol–water partition coefficient (Wildman–Crippen LogP) is 4.02. The molecule has 2 aromatic heterocycles. The van der Waals surface area contributed by atoms with Crippen LogP contribution in [-0.4, -0.2) is 53.4 Å². The molecule has 13 heteroatoms. The zero-order valence-corrected chi connectivity index (χ0v) is 21.2. The third kappa shape index (κ3) is 4.77. The van der Waals surface area contributed by atoms with Gasteiger partial charge < -0.3 is 29.1 Å². The summed E-state index contributed by atoms with van der Waals surface area (Å²) in [5, 5.41) is 20.8. The minimum atomic E-state index is -0.860. The van der Waals surface area contributed by atoms with Crippen LogP contribution in [0.1, 0.15) is 38.4 Å². The van der Waals surface area contributed by atoms with Crippen molar-refractivity contribution >= 4 is 27.6 Å². The standard InChI is InChI=1S/C25H26N4O9/c1-13-15(9-11-37-28(31)32)21-17(26-13)5-7-19(35-3)23(21)25(30)24-20(36-4)8-6-18-22(24)16(14(2)27-18)10-12-38-29(33)34/h5-8,26-27H,9-12H2,1-4H3. The van der Waals surface area contributed by atoms with Crippen LogP contribution in [0, 0.1) is 34.1 Å². The molecular weight excluding hydrogens is 500 g/mol. The molecule has 0 radical (unpaired) electrons. The Balaban J connectivity index is 1.95. The Kier molecular flexibility index (Phi) is 7.37. The average Bonchev–Trinajstić information content (AvgIpc) is 3.37. The first-order chi connectivity index (χ1) is 18.2. The molecule has 200 valence electrons. The number of nitrogens with zero attached hydrogens (tertiary/aromatic N) is 2. The highest BCUT2D eigenvalue weighted by molar-refractivity contribution is 6.25. The van der Waals surface area contributed by atoms with Gasteiger partial charge in [-0.1, -0.05) is 0 Å². The number of rotatable bonds is 12. The first-order valence-electron chi connectivity index (χ1n) is 11.6. The second-order valence-corrected chi connectivity index (χ2v) is 8.53. The van der Waals surface area contributed by atoms with Crippen LogP contribution >= 0.6 is 0 Å². The van der Waals surface area contributed by atoms with Crippen molar-refractivity contribution in [2.45, 2.75) is 26.7 Å². The fourth-order valence-electron chi connectivity index (χ4n) is 4.92. The third-order valence-electron chi connectivity index (χ3n) is 6.48. The first kappa shape index (κ1) is 26.3. The van der Waals surface area contributed by atoms with E-state index in [-0.39, 0.29) is 37.2 Å². The van der Waals surface area contributed by atoms with E-state index >= 15 is 0 Å². The van der Waals surface area contributed by atoms with Gasteiger partial charge in [-0.05, 0) is 62.1 Å². The number of H-pyrrole nitrogens is 2. The molecule has 0 fully saturated rings. The van der Waals surface area contributed by atoms with Crippen molar-refractivity contribution in [3.63, 3.8) is 0 Å². The smallest absolute Gasteiger partial charge is 0.294 e. The summed E-state index contributed by atoms with van der Waals surface area (Å²) in [6, 6.07) is 6.89. The van der Waals surface area contributed by atoms with Crippen LogP contribution in [0.4, 0.5) is 0 Å². The highest BCUT2D eigenvalue weighted by Crippen LogP contribution is 2.39. The van der Waals surface area contributed by atoms with Gasteiger partial charge in [0.1, 0.15) is 24.7 Å². The molecule has 0 aliphatic rings. The summed E-state index contributed by atoms with van der Waals surface area (Å²) in [5.41, 5.74) is 4.63. The Bertz CT molecular complexity index is 1440. The van der Waals surface area contributed by atoms with E-state index in [1.54, 1.807) is 24.3 Å². The average molecular weight is 527 g/mol. The molecular formula is C25H26N4O9. The molecule has 2 N–H and O–H groups in total. The van der Waals surface area contributed by atoms with Gasteiger partial charge in [0, 0.05) is 33.2 Å². The lowest BCUT2D eigenvalue weighted by atomic mass is 9.91. The molecule has 2 aromatic carbocycles. The summed E-state index contributed by atoms with van der Waals surface area (Å²) in [5.74, 6) is 0.214. The van der Waals surface area contributed by atoms with Gasteiger partial charge in [0.2, 0.25) is 5.78 Å². The third-order valence-corrected chi connectivity index (χ3v) is 6.48. The zero-order valence-electron chi connectivity index (χ0n) is 21.2. The van der Waals surface area contributed by atoms with Gasteiger partial charge in [0.05, 0.1) is 25.3 Å². The number of benzene rings is 2. The number of ketones is 1. The number of aromatic amines is 2. The Hall–Kier alpha value is -4.81. The topological polar surface area (TPSA) is 172 Å². The molecule has 38 heavy (non-hydrogen) atoms. The van der Waals surface area contributed by atoms with Gasteiger partial charge >= 0.3 is 0 Å². The van der Waals surface area contributed by atoms with E-state index in [1.165, 1.54) is 14.2 Å². The number of nitrogens with one attached hydrogen (secondary N) is 2. The molecule has 0 aliphatic carbocycles. The largest absolute Gasteiger partial charge is 0.496 e. The van der Waals surface area contributed by atoms with Crippen molar-refractivity contribution in [2.75, 3.05) is 27.4 Å². The number of fused-ring (bicyclic) bond motifs is 2. The number of hydrogen-bond acceptors (Lipinski definition) is 9. The van der Waals surface area contributed by atoms with Crippen LogP contribution in [0.2, 0.25) is 0 Å². The van der Waals surface area contributed by atoms with Gasteiger partial charge in [-0.2, -0.15) is 0 Å². The predicted molar refractivity (Wildman–Crippen MR) is 136 cm³/mol. The second kappa shape index (κ2) is 10.7. The van der Waals surface area contributed by atoms with Crippen LogP contribution in [0.5, 0.6) is 11.5 Å². The van der Waals surface area contributed by atoms with E-state index in [0.717, 1.165) is 11.4 Å². The number of carbonyl (C=O) groups is 1. The number of methoxy groups -OCH3 is 2. The molecule has 0 saturated carbocycles. The quantitative estimate of drug-likeness (QED) is 0.157. The van der Waals surface area contributed by atoms with E-state index < -0.39 is 16.0 Å². The fraction of sp³-hybridized carbons (Fsp3) is 0.320. The van der Waals surface area contributed by atoms with Crippen molar-refractivity contribution in [2.24, 2.45) is 0 Å². The Morgan fingerprint density at radius 1 is 0.763 bits per heavy atom. The molecule has 0 atom stereocenters. The van der Waals surface area contributed by atoms with E-state index in [2.05, 4.69) is 19.6 Å². The SMILES string of the molecule is COc1ccc2[nH]c(C)c(CCO[N+](=O)[O-])c2c1C(=O)c1c(OC)ccc2[nH]c(C)c(CCO[N+](=O)[O-])c12. The molecule has 0 unspecified atom stereocenters. The molecule has 2 heterocycles. The maximum absolute atomic E-state index is 14.5. The molecule has 0 spiro atoms. The lowest BCUT2D eigenvalue weighted by Crippen LogP contribution is -2.10. The summed E-state index contributed by atoms with van der Waals surface area (Å²) in [7, 11) is 2.90. The normalized spacial score (nSPS) is 11.1.